The second-order valence-corrected chi connectivity index (χ2v) is 6.65. The van der Waals surface area contributed by atoms with Gasteiger partial charge in [0.2, 0.25) is 5.88 Å². The molecule has 108 valence electrons. The van der Waals surface area contributed by atoms with Crippen molar-refractivity contribution in [2.45, 2.75) is 43.3 Å². The average Bonchev–Trinajstić information content (AvgIpc) is 2.60. The number of nitrogens with two attached hydrogens (primary N) is 1. The molecule has 2 aromatic heterocycles. The molecule has 0 aromatic carbocycles. The van der Waals surface area contributed by atoms with Crippen LogP contribution >= 0.6 is 11.8 Å². The molecule has 0 bridgehead atoms. The minimum Gasteiger partial charge on any atom is -0.470 e. The van der Waals surface area contributed by atoms with Crippen molar-refractivity contribution in [2.75, 3.05) is 5.73 Å². The zero-order chi connectivity index (χ0) is 14.9. The highest BCUT2D eigenvalue weighted by atomic mass is 32.2. The van der Waals surface area contributed by atoms with Crippen LogP contribution in [0.4, 0.5) is 5.69 Å². The van der Waals surface area contributed by atoms with E-state index in [9.17, 15) is 0 Å². The molecule has 0 radical (unpaired) electrons. The summed E-state index contributed by atoms with van der Waals surface area (Å²) in [6, 6.07) is 5.73. The van der Waals surface area contributed by atoms with Gasteiger partial charge in [0.1, 0.15) is 15.7 Å². The lowest BCUT2D eigenvalue weighted by Crippen LogP contribution is -2.24. The molecule has 0 saturated heterocycles. The van der Waals surface area contributed by atoms with Crippen molar-refractivity contribution in [1.82, 2.24) is 14.8 Å². The summed E-state index contributed by atoms with van der Waals surface area (Å²) in [4.78, 5) is 4.48. The van der Waals surface area contributed by atoms with E-state index in [1.54, 1.807) is 0 Å². The summed E-state index contributed by atoms with van der Waals surface area (Å²) >= 11 is 1.54. The molecule has 20 heavy (non-hydrogen) atoms. The van der Waals surface area contributed by atoms with Crippen LogP contribution in [0.5, 0.6) is 5.88 Å². The number of ether oxygens (including phenoxy) is 1. The van der Waals surface area contributed by atoms with E-state index >= 15 is 0 Å². The lowest BCUT2D eigenvalue weighted by atomic mass is 10.2. The molecule has 0 saturated carbocycles. The molecule has 0 unspecified atom stereocenters. The van der Waals surface area contributed by atoms with Gasteiger partial charge in [-0.3, -0.25) is 4.68 Å². The zero-order valence-corrected chi connectivity index (χ0v) is 13.3. The van der Waals surface area contributed by atoms with Crippen LogP contribution < -0.4 is 10.5 Å². The number of nitrogens with zero attached hydrogens (tertiary/aromatic N) is 3. The molecule has 2 heterocycles. The van der Waals surface area contributed by atoms with Crippen LogP contribution in [0.2, 0.25) is 0 Å². The van der Waals surface area contributed by atoms with Gasteiger partial charge in [0, 0.05) is 7.05 Å². The third kappa shape index (κ3) is 3.66. The monoisotopic (exact) mass is 292 g/mol. The van der Waals surface area contributed by atoms with E-state index in [4.69, 9.17) is 10.5 Å². The quantitative estimate of drug-likeness (QED) is 0.942. The molecular weight excluding hydrogens is 272 g/mol. The second kappa shape index (κ2) is 5.36. The molecule has 0 aliphatic heterocycles. The molecule has 0 aliphatic rings. The first-order valence-electron chi connectivity index (χ1n) is 6.38. The number of pyridine rings is 1. The van der Waals surface area contributed by atoms with Crippen molar-refractivity contribution in [3.63, 3.8) is 0 Å². The molecule has 2 rings (SSSR count). The van der Waals surface area contributed by atoms with Crippen LogP contribution in [0.15, 0.2) is 28.3 Å². The van der Waals surface area contributed by atoms with Crippen LogP contribution in [-0.2, 0) is 7.05 Å². The van der Waals surface area contributed by atoms with Crippen LogP contribution in [-0.4, -0.2) is 20.4 Å². The van der Waals surface area contributed by atoms with E-state index in [-0.39, 0.29) is 5.60 Å². The predicted octanol–water partition coefficient (Wildman–Crippen LogP) is 3.03. The Morgan fingerprint density at radius 2 is 2.00 bits per heavy atom. The SMILES string of the molecule is Cc1cc(Sc2ccc(N)c(OC(C)(C)C)n2)n(C)n1. The van der Waals surface area contributed by atoms with Gasteiger partial charge in [-0.05, 0) is 45.9 Å². The zero-order valence-electron chi connectivity index (χ0n) is 12.5. The van der Waals surface area contributed by atoms with Crippen LogP contribution in [0.25, 0.3) is 0 Å². The maximum absolute atomic E-state index is 5.91. The highest BCUT2D eigenvalue weighted by molar-refractivity contribution is 7.99. The van der Waals surface area contributed by atoms with Gasteiger partial charge in [0.05, 0.1) is 11.4 Å². The molecule has 0 spiro atoms. The standard InChI is InChI=1S/C14H20N4OS/c1-9-8-12(18(5)17-9)20-11-7-6-10(15)13(16-11)19-14(2,3)4/h6-8H,15H2,1-5H3. The van der Waals surface area contributed by atoms with E-state index < -0.39 is 0 Å². The van der Waals surface area contributed by atoms with Crippen molar-refractivity contribution in [3.05, 3.63) is 23.9 Å². The third-order valence-corrected chi connectivity index (χ3v) is 3.46. The van der Waals surface area contributed by atoms with Gasteiger partial charge in [-0.25, -0.2) is 4.98 Å². The van der Waals surface area contributed by atoms with Gasteiger partial charge in [-0.2, -0.15) is 5.10 Å². The van der Waals surface area contributed by atoms with Crippen LogP contribution in [0.3, 0.4) is 0 Å². The van der Waals surface area contributed by atoms with Gasteiger partial charge in [-0.15, -0.1) is 0 Å². The number of anilines is 1. The fraction of sp³-hybridized carbons (Fsp3) is 0.429. The Balaban J connectivity index is 2.25. The number of hydrogen-bond donors (Lipinski definition) is 1. The summed E-state index contributed by atoms with van der Waals surface area (Å²) in [6.07, 6.45) is 0. The first kappa shape index (κ1) is 14.7. The summed E-state index contributed by atoms with van der Waals surface area (Å²) in [5, 5.41) is 6.18. The van der Waals surface area contributed by atoms with Gasteiger partial charge < -0.3 is 10.5 Å². The molecule has 0 aliphatic carbocycles. The molecule has 0 fully saturated rings. The van der Waals surface area contributed by atoms with Crippen molar-refractivity contribution in [1.29, 1.82) is 0 Å². The maximum atomic E-state index is 5.91. The maximum Gasteiger partial charge on any atom is 0.238 e. The summed E-state index contributed by atoms with van der Waals surface area (Å²) in [5.41, 5.74) is 7.11. The van der Waals surface area contributed by atoms with Gasteiger partial charge in [0.25, 0.3) is 0 Å². The second-order valence-electron chi connectivity index (χ2n) is 5.61. The normalized spacial score (nSPS) is 11.7. The van der Waals surface area contributed by atoms with E-state index in [0.29, 0.717) is 11.6 Å². The first-order valence-corrected chi connectivity index (χ1v) is 7.20. The highest BCUT2D eigenvalue weighted by Crippen LogP contribution is 2.31. The largest absolute Gasteiger partial charge is 0.470 e. The molecule has 6 heteroatoms. The Bertz CT molecular complexity index is 616. The number of hydrogen-bond acceptors (Lipinski definition) is 5. The number of rotatable bonds is 3. The molecule has 0 atom stereocenters. The van der Waals surface area contributed by atoms with Crippen LogP contribution in [0.1, 0.15) is 26.5 Å². The molecule has 2 N–H and O–H groups in total. The molecule has 0 amide bonds. The Morgan fingerprint density at radius 3 is 2.55 bits per heavy atom. The number of aromatic nitrogens is 3. The summed E-state index contributed by atoms with van der Waals surface area (Å²) in [6.45, 7) is 7.88. The topological polar surface area (TPSA) is 66.0 Å². The lowest BCUT2D eigenvalue weighted by Gasteiger charge is -2.21. The smallest absolute Gasteiger partial charge is 0.238 e. The minimum absolute atomic E-state index is 0.326. The lowest BCUT2D eigenvalue weighted by molar-refractivity contribution is 0.124. The highest BCUT2D eigenvalue weighted by Gasteiger charge is 2.16. The van der Waals surface area contributed by atoms with Crippen molar-refractivity contribution >= 4 is 17.4 Å². The molecule has 5 nitrogen and oxygen atoms in total. The number of nitrogen functional groups attached to an aromatic ring is 1. The first-order chi connectivity index (χ1) is 9.24. The van der Waals surface area contributed by atoms with E-state index in [1.807, 2.05) is 57.6 Å². The fourth-order valence-electron chi connectivity index (χ4n) is 1.65. The number of aryl methyl sites for hydroxylation is 2. The Hall–Kier alpha value is -1.69. The Kier molecular flexibility index (Phi) is 3.94. The Morgan fingerprint density at radius 1 is 1.30 bits per heavy atom. The van der Waals surface area contributed by atoms with Crippen molar-refractivity contribution in [3.8, 4) is 5.88 Å². The molecular formula is C14H20N4OS. The minimum atomic E-state index is -0.326. The summed E-state index contributed by atoms with van der Waals surface area (Å²) in [5.74, 6) is 0.474. The molecule has 2 aromatic rings. The average molecular weight is 292 g/mol. The van der Waals surface area contributed by atoms with Gasteiger partial charge in [0.15, 0.2) is 0 Å². The van der Waals surface area contributed by atoms with Crippen molar-refractivity contribution < 1.29 is 4.74 Å². The van der Waals surface area contributed by atoms with E-state index in [1.165, 1.54) is 11.8 Å². The Labute approximate surface area is 123 Å². The fourth-order valence-corrected chi connectivity index (χ4v) is 2.53. The summed E-state index contributed by atoms with van der Waals surface area (Å²) < 4.78 is 7.61. The van der Waals surface area contributed by atoms with Crippen LogP contribution in [0, 0.1) is 6.92 Å². The van der Waals surface area contributed by atoms with Gasteiger partial charge >= 0.3 is 0 Å². The summed E-state index contributed by atoms with van der Waals surface area (Å²) in [7, 11) is 1.92. The predicted molar refractivity (Wildman–Crippen MR) is 81.1 cm³/mol. The van der Waals surface area contributed by atoms with E-state index in [0.717, 1.165) is 15.7 Å². The van der Waals surface area contributed by atoms with Crippen molar-refractivity contribution in [2.24, 2.45) is 7.05 Å². The van der Waals surface area contributed by atoms with E-state index in [2.05, 4.69) is 10.1 Å². The van der Waals surface area contributed by atoms with Gasteiger partial charge in [-0.1, -0.05) is 11.8 Å². The third-order valence-electron chi connectivity index (χ3n) is 2.44.